The van der Waals surface area contributed by atoms with Crippen molar-refractivity contribution < 1.29 is 4.74 Å². The number of aromatic nitrogens is 2. The van der Waals surface area contributed by atoms with Crippen molar-refractivity contribution in [2.24, 2.45) is 5.92 Å². The molecule has 0 aliphatic carbocycles. The van der Waals surface area contributed by atoms with Crippen molar-refractivity contribution in [1.82, 2.24) is 9.97 Å². The van der Waals surface area contributed by atoms with Gasteiger partial charge in [-0.15, -0.1) is 0 Å². The number of nitrogens with zero attached hydrogens (tertiary/aromatic N) is 3. The summed E-state index contributed by atoms with van der Waals surface area (Å²) in [5.41, 5.74) is 2.79. The Morgan fingerprint density at radius 1 is 1.26 bits per heavy atom. The van der Waals surface area contributed by atoms with Crippen LogP contribution in [0.1, 0.15) is 35.8 Å². The standard InChI is InChI=1S/C18H20N4O/c1-13-4-6-14(7-5-13)17-15(3-2-10-23-17)12-22-18-16(11-19)20-8-9-21-18/h4-9,15,17H,2-3,10,12H2,1H3,(H,21,22)/t15-,17-/m0/s1. The highest BCUT2D eigenvalue weighted by Gasteiger charge is 2.27. The van der Waals surface area contributed by atoms with Crippen LogP contribution in [0.15, 0.2) is 36.7 Å². The number of aryl methyl sites for hydroxylation is 1. The van der Waals surface area contributed by atoms with Gasteiger partial charge in [-0.2, -0.15) is 5.26 Å². The lowest BCUT2D eigenvalue weighted by Gasteiger charge is -2.32. The van der Waals surface area contributed by atoms with Gasteiger partial charge in [0.25, 0.3) is 0 Å². The topological polar surface area (TPSA) is 70.8 Å². The summed E-state index contributed by atoms with van der Waals surface area (Å²) >= 11 is 0. The summed E-state index contributed by atoms with van der Waals surface area (Å²) in [6, 6.07) is 10.6. The van der Waals surface area contributed by atoms with Crippen LogP contribution >= 0.6 is 0 Å². The van der Waals surface area contributed by atoms with Gasteiger partial charge in [0, 0.05) is 31.5 Å². The number of hydrogen-bond donors (Lipinski definition) is 1. The Balaban J connectivity index is 1.72. The Morgan fingerprint density at radius 2 is 2.04 bits per heavy atom. The summed E-state index contributed by atoms with van der Waals surface area (Å²) in [6.45, 7) is 3.59. The monoisotopic (exact) mass is 308 g/mol. The molecule has 1 fully saturated rings. The predicted molar refractivity (Wildman–Crippen MR) is 87.8 cm³/mol. The average Bonchev–Trinajstić information content (AvgIpc) is 2.61. The van der Waals surface area contributed by atoms with Gasteiger partial charge in [-0.1, -0.05) is 29.8 Å². The number of hydrogen-bond acceptors (Lipinski definition) is 5. The van der Waals surface area contributed by atoms with Gasteiger partial charge in [-0.3, -0.25) is 0 Å². The Labute approximate surface area is 136 Å². The number of nitriles is 1. The highest BCUT2D eigenvalue weighted by atomic mass is 16.5. The van der Waals surface area contributed by atoms with Crippen LogP contribution in [0.25, 0.3) is 0 Å². The normalized spacial score (nSPS) is 20.7. The summed E-state index contributed by atoms with van der Waals surface area (Å²) in [5, 5.41) is 12.4. The molecule has 2 atom stereocenters. The molecule has 1 aromatic heterocycles. The SMILES string of the molecule is Cc1ccc([C@@H]2OCCC[C@H]2CNc2nccnc2C#N)cc1. The molecular weight excluding hydrogens is 288 g/mol. The van der Waals surface area contributed by atoms with Crippen molar-refractivity contribution in [3.63, 3.8) is 0 Å². The highest BCUT2D eigenvalue weighted by Crippen LogP contribution is 2.33. The second-order valence-corrected chi connectivity index (χ2v) is 5.85. The average molecular weight is 308 g/mol. The van der Waals surface area contributed by atoms with Crippen LogP contribution in [0.3, 0.4) is 0 Å². The van der Waals surface area contributed by atoms with Crippen molar-refractivity contribution in [1.29, 1.82) is 5.26 Å². The first-order valence-electron chi connectivity index (χ1n) is 7.91. The Kier molecular flexibility index (Phi) is 4.84. The second-order valence-electron chi connectivity index (χ2n) is 5.85. The molecule has 1 saturated heterocycles. The van der Waals surface area contributed by atoms with Gasteiger partial charge in [0.15, 0.2) is 11.5 Å². The van der Waals surface area contributed by atoms with Crippen LogP contribution in [-0.2, 0) is 4.74 Å². The quantitative estimate of drug-likeness (QED) is 0.939. The van der Waals surface area contributed by atoms with E-state index in [1.54, 1.807) is 6.20 Å². The molecule has 5 heteroatoms. The minimum absolute atomic E-state index is 0.0825. The Hall–Kier alpha value is -2.45. The van der Waals surface area contributed by atoms with Gasteiger partial charge in [0.1, 0.15) is 6.07 Å². The lowest BCUT2D eigenvalue weighted by Crippen LogP contribution is -2.28. The number of nitrogens with one attached hydrogen (secondary N) is 1. The lowest BCUT2D eigenvalue weighted by molar-refractivity contribution is -0.0238. The number of rotatable bonds is 4. The number of benzene rings is 1. The molecule has 23 heavy (non-hydrogen) atoms. The Morgan fingerprint density at radius 3 is 2.83 bits per heavy atom. The van der Waals surface area contributed by atoms with E-state index in [1.807, 2.05) is 0 Å². The maximum absolute atomic E-state index is 9.09. The van der Waals surface area contributed by atoms with Gasteiger partial charge in [0.2, 0.25) is 0 Å². The summed E-state index contributed by atoms with van der Waals surface area (Å²) in [6.07, 6.45) is 5.35. The molecular formula is C18H20N4O. The van der Waals surface area contributed by atoms with Crippen molar-refractivity contribution in [2.75, 3.05) is 18.5 Å². The molecule has 5 nitrogen and oxygen atoms in total. The fraction of sp³-hybridized carbons (Fsp3) is 0.389. The molecule has 0 amide bonds. The minimum atomic E-state index is 0.0825. The van der Waals surface area contributed by atoms with Crippen molar-refractivity contribution >= 4 is 5.82 Å². The number of anilines is 1. The second kappa shape index (κ2) is 7.21. The third kappa shape index (κ3) is 3.66. The van der Waals surface area contributed by atoms with Crippen molar-refractivity contribution in [3.8, 4) is 6.07 Å². The molecule has 0 spiro atoms. The van der Waals surface area contributed by atoms with E-state index in [1.165, 1.54) is 17.3 Å². The largest absolute Gasteiger partial charge is 0.373 e. The van der Waals surface area contributed by atoms with E-state index < -0.39 is 0 Å². The summed E-state index contributed by atoms with van der Waals surface area (Å²) in [4.78, 5) is 8.24. The smallest absolute Gasteiger partial charge is 0.182 e. The van der Waals surface area contributed by atoms with Gasteiger partial charge in [0.05, 0.1) is 6.10 Å². The van der Waals surface area contributed by atoms with Crippen molar-refractivity contribution in [2.45, 2.75) is 25.9 Å². The van der Waals surface area contributed by atoms with Crippen LogP contribution in [-0.4, -0.2) is 23.1 Å². The van der Waals surface area contributed by atoms with Gasteiger partial charge < -0.3 is 10.1 Å². The fourth-order valence-corrected chi connectivity index (χ4v) is 2.95. The molecule has 1 aliphatic heterocycles. The van der Waals surface area contributed by atoms with E-state index in [9.17, 15) is 0 Å². The highest BCUT2D eigenvalue weighted by molar-refractivity contribution is 5.46. The first kappa shape index (κ1) is 15.4. The van der Waals surface area contributed by atoms with Crippen LogP contribution in [0.4, 0.5) is 5.82 Å². The first-order chi connectivity index (χ1) is 11.3. The molecule has 118 valence electrons. The van der Waals surface area contributed by atoms with E-state index in [0.29, 0.717) is 24.0 Å². The lowest BCUT2D eigenvalue weighted by atomic mass is 9.89. The van der Waals surface area contributed by atoms with E-state index in [4.69, 9.17) is 10.00 Å². The minimum Gasteiger partial charge on any atom is -0.373 e. The molecule has 2 heterocycles. The zero-order valence-corrected chi connectivity index (χ0v) is 13.2. The van der Waals surface area contributed by atoms with E-state index >= 15 is 0 Å². The maximum atomic E-state index is 9.09. The molecule has 1 aromatic carbocycles. The third-order valence-corrected chi connectivity index (χ3v) is 4.19. The molecule has 1 aliphatic rings. The molecule has 0 bridgehead atoms. The molecule has 0 saturated carbocycles. The maximum Gasteiger partial charge on any atom is 0.182 e. The predicted octanol–water partition coefficient (Wildman–Crippen LogP) is 3.24. The van der Waals surface area contributed by atoms with E-state index in [0.717, 1.165) is 19.4 Å². The summed E-state index contributed by atoms with van der Waals surface area (Å²) in [7, 11) is 0. The van der Waals surface area contributed by atoms with Gasteiger partial charge in [-0.05, 0) is 25.3 Å². The van der Waals surface area contributed by atoms with Crippen LogP contribution < -0.4 is 5.32 Å². The first-order valence-corrected chi connectivity index (χ1v) is 7.91. The van der Waals surface area contributed by atoms with Crippen LogP contribution in [0.2, 0.25) is 0 Å². The van der Waals surface area contributed by atoms with Crippen molar-refractivity contribution in [3.05, 3.63) is 53.5 Å². The summed E-state index contributed by atoms with van der Waals surface area (Å²) < 4.78 is 6.02. The van der Waals surface area contributed by atoms with E-state index in [-0.39, 0.29) is 6.10 Å². The van der Waals surface area contributed by atoms with E-state index in [2.05, 4.69) is 52.5 Å². The summed E-state index contributed by atoms with van der Waals surface area (Å²) in [5.74, 6) is 0.892. The van der Waals surface area contributed by atoms with Crippen LogP contribution in [0.5, 0.6) is 0 Å². The molecule has 3 rings (SSSR count). The zero-order chi connectivity index (χ0) is 16.1. The zero-order valence-electron chi connectivity index (χ0n) is 13.2. The Bertz CT molecular complexity index is 693. The molecule has 1 N–H and O–H groups in total. The fourth-order valence-electron chi connectivity index (χ4n) is 2.95. The molecule has 0 radical (unpaired) electrons. The molecule has 0 unspecified atom stereocenters. The third-order valence-electron chi connectivity index (χ3n) is 4.19. The van der Waals surface area contributed by atoms with Crippen LogP contribution in [0, 0.1) is 24.2 Å². The molecule has 2 aromatic rings. The van der Waals surface area contributed by atoms with Gasteiger partial charge in [-0.25, -0.2) is 9.97 Å². The van der Waals surface area contributed by atoms with Gasteiger partial charge >= 0.3 is 0 Å². The number of ether oxygens (including phenoxy) is 1.